The quantitative estimate of drug-likeness (QED) is 0.641. The Hall–Kier alpha value is -2.68. The SMILES string of the molecule is CC(C)(C)S(=O)(=O)C(C)(C)c1cc(N)nc(-c2ccc(NC(=O)NC3CCC3)cc2)n1. The highest BCUT2D eigenvalue weighted by molar-refractivity contribution is 7.93. The minimum absolute atomic E-state index is 0.194. The van der Waals surface area contributed by atoms with E-state index in [-0.39, 0.29) is 17.9 Å². The van der Waals surface area contributed by atoms with Gasteiger partial charge in [0, 0.05) is 23.4 Å². The van der Waals surface area contributed by atoms with Crippen molar-refractivity contribution in [3.8, 4) is 11.4 Å². The highest BCUT2D eigenvalue weighted by Gasteiger charge is 2.45. The van der Waals surface area contributed by atoms with E-state index >= 15 is 0 Å². The van der Waals surface area contributed by atoms with Crippen LogP contribution in [0.25, 0.3) is 11.4 Å². The Labute approximate surface area is 184 Å². The third kappa shape index (κ3) is 4.66. The van der Waals surface area contributed by atoms with Gasteiger partial charge in [-0.3, -0.25) is 0 Å². The number of nitrogen functional groups attached to an aromatic ring is 1. The van der Waals surface area contributed by atoms with Crippen molar-refractivity contribution in [2.45, 2.75) is 69.4 Å². The molecule has 1 saturated carbocycles. The molecule has 0 atom stereocenters. The van der Waals surface area contributed by atoms with E-state index in [2.05, 4.69) is 20.6 Å². The Kier molecular flexibility index (Phi) is 6.01. The third-order valence-corrected chi connectivity index (χ3v) is 8.85. The molecule has 4 N–H and O–H groups in total. The normalized spacial score (nSPS) is 15.3. The van der Waals surface area contributed by atoms with Crippen molar-refractivity contribution in [2.75, 3.05) is 11.1 Å². The number of carbonyl (C=O) groups excluding carboxylic acids is 1. The van der Waals surface area contributed by atoms with Gasteiger partial charge in [0.25, 0.3) is 0 Å². The van der Waals surface area contributed by atoms with E-state index < -0.39 is 19.3 Å². The van der Waals surface area contributed by atoms with Crippen LogP contribution < -0.4 is 16.4 Å². The number of nitrogens with one attached hydrogen (secondary N) is 2. The van der Waals surface area contributed by atoms with Gasteiger partial charge in [-0.15, -0.1) is 0 Å². The summed E-state index contributed by atoms with van der Waals surface area (Å²) in [5.74, 6) is 0.525. The van der Waals surface area contributed by atoms with Crippen LogP contribution in [0.3, 0.4) is 0 Å². The van der Waals surface area contributed by atoms with Crippen LogP contribution in [0.1, 0.15) is 59.6 Å². The Morgan fingerprint density at radius 1 is 1.06 bits per heavy atom. The summed E-state index contributed by atoms with van der Waals surface area (Å²) in [5, 5.41) is 5.73. The highest BCUT2D eigenvalue weighted by Crippen LogP contribution is 2.37. The number of sulfone groups is 1. The molecular formula is C22H31N5O3S. The molecule has 3 rings (SSSR count). The largest absolute Gasteiger partial charge is 0.384 e. The van der Waals surface area contributed by atoms with E-state index in [0.717, 1.165) is 19.3 Å². The van der Waals surface area contributed by atoms with Crippen molar-refractivity contribution in [3.05, 3.63) is 36.0 Å². The van der Waals surface area contributed by atoms with Gasteiger partial charge in [-0.05, 0) is 78.1 Å². The zero-order valence-corrected chi connectivity index (χ0v) is 19.5. The van der Waals surface area contributed by atoms with Crippen LogP contribution >= 0.6 is 0 Å². The Bertz CT molecular complexity index is 1070. The van der Waals surface area contributed by atoms with Crippen LogP contribution in [-0.4, -0.2) is 35.2 Å². The number of nitrogens with two attached hydrogens (primary N) is 1. The zero-order chi connectivity index (χ0) is 23.0. The first kappa shape index (κ1) is 23.0. The van der Waals surface area contributed by atoms with Gasteiger partial charge in [-0.2, -0.15) is 0 Å². The molecular weight excluding hydrogens is 414 g/mol. The standard InChI is InChI=1S/C22H31N5O3S/c1-21(2,3)31(29,30)22(4,5)17-13-18(23)27-19(26-17)14-9-11-16(12-10-14)25-20(28)24-15-7-6-8-15/h9-13,15H,6-8H2,1-5H3,(H2,23,26,27)(H2,24,25,28). The fourth-order valence-corrected chi connectivity index (χ4v) is 5.33. The number of anilines is 2. The van der Waals surface area contributed by atoms with Gasteiger partial charge in [0.15, 0.2) is 15.7 Å². The molecule has 1 aliphatic carbocycles. The van der Waals surface area contributed by atoms with Crippen LogP contribution in [0.2, 0.25) is 0 Å². The molecule has 2 aromatic rings. The van der Waals surface area contributed by atoms with Crippen molar-refractivity contribution in [1.82, 2.24) is 15.3 Å². The van der Waals surface area contributed by atoms with Gasteiger partial charge in [-0.25, -0.2) is 23.2 Å². The maximum atomic E-state index is 13.1. The lowest BCUT2D eigenvalue weighted by atomic mass is 9.93. The molecule has 1 heterocycles. The number of amides is 2. The maximum Gasteiger partial charge on any atom is 0.319 e. The van der Waals surface area contributed by atoms with Crippen LogP contribution in [0.15, 0.2) is 30.3 Å². The first-order valence-corrected chi connectivity index (χ1v) is 11.9. The van der Waals surface area contributed by atoms with Gasteiger partial charge in [-0.1, -0.05) is 0 Å². The molecule has 8 nitrogen and oxygen atoms in total. The molecule has 1 aromatic heterocycles. The van der Waals surface area contributed by atoms with E-state index in [4.69, 9.17) is 5.73 Å². The summed E-state index contributed by atoms with van der Waals surface area (Å²) in [6.07, 6.45) is 3.18. The predicted molar refractivity (Wildman–Crippen MR) is 123 cm³/mol. The van der Waals surface area contributed by atoms with E-state index in [1.807, 2.05) is 0 Å². The Morgan fingerprint density at radius 2 is 1.68 bits per heavy atom. The molecule has 0 radical (unpaired) electrons. The zero-order valence-electron chi connectivity index (χ0n) is 18.7. The first-order chi connectivity index (χ1) is 14.3. The summed E-state index contributed by atoms with van der Waals surface area (Å²) in [6.45, 7) is 8.27. The van der Waals surface area contributed by atoms with E-state index in [1.54, 1.807) is 58.9 Å². The fraction of sp³-hybridized carbons (Fsp3) is 0.500. The molecule has 1 aromatic carbocycles. The highest BCUT2D eigenvalue weighted by atomic mass is 32.2. The average Bonchev–Trinajstić information content (AvgIpc) is 2.64. The van der Waals surface area contributed by atoms with E-state index in [1.165, 1.54) is 6.07 Å². The summed E-state index contributed by atoms with van der Waals surface area (Å²) in [4.78, 5) is 20.8. The molecule has 1 fully saturated rings. The lowest BCUT2D eigenvalue weighted by Gasteiger charge is -2.32. The third-order valence-electron chi connectivity index (χ3n) is 5.68. The summed E-state index contributed by atoms with van der Waals surface area (Å²) < 4.78 is 24.1. The number of benzene rings is 1. The van der Waals surface area contributed by atoms with Gasteiger partial charge < -0.3 is 16.4 Å². The van der Waals surface area contributed by atoms with Crippen molar-refractivity contribution in [2.24, 2.45) is 0 Å². The number of hydrogen-bond acceptors (Lipinski definition) is 6. The Morgan fingerprint density at radius 3 is 2.19 bits per heavy atom. The van der Waals surface area contributed by atoms with Gasteiger partial charge >= 0.3 is 6.03 Å². The monoisotopic (exact) mass is 445 g/mol. The van der Waals surface area contributed by atoms with Crippen LogP contribution in [0.5, 0.6) is 0 Å². The lowest BCUT2D eigenvalue weighted by molar-refractivity contribution is 0.240. The predicted octanol–water partition coefficient (Wildman–Crippen LogP) is 3.85. The van der Waals surface area contributed by atoms with Crippen molar-refractivity contribution in [1.29, 1.82) is 0 Å². The molecule has 0 bridgehead atoms. The summed E-state index contributed by atoms with van der Waals surface area (Å²) >= 11 is 0. The van der Waals surface area contributed by atoms with Gasteiger partial charge in [0.2, 0.25) is 0 Å². The minimum atomic E-state index is -3.57. The number of carbonyl (C=O) groups is 1. The fourth-order valence-electron chi connectivity index (χ4n) is 3.41. The minimum Gasteiger partial charge on any atom is -0.384 e. The Balaban J connectivity index is 1.85. The van der Waals surface area contributed by atoms with Crippen molar-refractivity contribution < 1.29 is 13.2 Å². The van der Waals surface area contributed by atoms with Gasteiger partial charge in [0.05, 0.1) is 10.4 Å². The molecule has 9 heteroatoms. The van der Waals surface area contributed by atoms with Crippen LogP contribution in [0, 0.1) is 0 Å². The van der Waals surface area contributed by atoms with Gasteiger partial charge in [0.1, 0.15) is 10.6 Å². The summed E-state index contributed by atoms with van der Waals surface area (Å²) in [6, 6.07) is 8.57. The molecule has 0 spiro atoms. The lowest BCUT2D eigenvalue weighted by Crippen LogP contribution is -2.42. The first-order valence-electron chi connectivity index (χ1n) is 10.4. The topological polar surface area (TPSA) is 127 Å². The number of rotatable bonds is 5. The number of hydrogen-bond donors (Lipinski definition) is 3. The number of aromatic nitrogens is 2. The van der Waals surface area contributed by atoms with E-state index in [0.29, 0.717) is 22.8 Å². The van der Waals surface area contributed by atoms with E-state index in [9.17, 15) is 13.2 Å². The summed E-state index contributed by atoms with van der Waals surface area (Å²) in [5.41, 5.74) is 7.64. The molecule has 31 heavy (non-hydrogen) atoms. The number of urea groups is 1. The maximum absolute atomic E-state index is 13.1. The second-order valence-electron chi connectivity index (χ2n) is 9.43. The molecule has 168 valence electrons. The molecule has 2 amide bonds. The second-order valence-corrected chi connectivity index (χ2v) is 12.7. The average molecular weight is 446 g/mol. The van der Waals surface area contributed by atoms with Crippen molar-refractivity contribution >= 4 is 27.4 Å². The van der Waals surface area contributed by atoms with Crippen molar-refractivity contribution in [3.63, 3.8) is 0 Å². The molecule has 0 unspecified atom stereocenters. The second kappa shape index (κ2) is 8.11. The molecule has 0 saturated heterocycles. The van der Waals surface area contributed by atoms with Crippen LogP contribution in [0.4, 0.5) is 16.3 Å². The smallest absolute Gasteiger partial charge is 0.319 e. The molecule has 1 aliphatic rings. The summed E-state index contributed by atoms with van der Waals surface area (Å²) in [7, 11) is -3.57. The number of nitrogens with zero attached hydrogens (tertiary/aromatic N) is 2. The molecule has 0 aliphatic heterocycles. The van der Waals surface area contributed by atoms with Crippen LogP contribution in [-0.2, 0) is 14.6 Å².